The highest BCUT2D eigenvalue weighted by Gasteiger charge is 2.28. The lowest BCUT2D eigenvalue weighted by atomic mass is 9.88. The number of amides is 2. The van der Waals surface area contributed by atoms with Crippen LogP contribution in [0.1, 0.15) is 58.5 Å². The number of aryl methyl sites for hydroxylation is 2. The van der Waals surface area contributed by atoms with E-state index in [0.29, 0.717) is 18.5 Å². The third-order valence-electron chi connectivity index (χ3n) is 4.34. The molecule has 8 nitrogen and oxygen atoms in total. The van der Waals surface area contributed by atoms with E-state index in [9.17, 15) is 19.5 Å². The lowest BCUT2D eigenvalue weighted by Gasteiger charge is -2.24. The Morgan fingerprint density at radius 3 is 2.30 bits per heavy atom. The highest BCUT2D eigenvalue weighted by Crippen LogP contribution is 2.21. The van der Waals surface area contributed by atoms with Crippen LogP contribution >= 0.6 is 0 Å². The zero-order valence-corrected chi connectivity index (χ0v) is 17.1. The number of carboxylic acid groups (broad SMARTS) is 1. The number of imidazole rings is 1. The zero-order valence-electron chi connectivity index (χ0n) is 17.1. The summed E-state index contributed by atoms with van der Waals surface area (Å²) < 4.78 is 1.83. The van der Waals surface area contributed by atoms with Crippen molar-refractivity contribution in [1.82, 2.24) is 20.2 Å². The van der Waals surface area contributed by atoms with Gasteiger partial charge in [-0.05, 0) is 25.2 Å². The van der Waals surface area contributed by atoms with Gasteiger partial charge in [-0.25, -0.2) is 9.78 Å². The first kappa shape index (κ1) is 22.7. The Morgan fingerprint density at radius 2 is 1.85 bits per heavy atom. The van der Waals surface area contributed by atoms with Crippen molar-refractivity contribution in [2.24, 2.45) is 12.5 Å². The highest BCUT2D eigenvalue weighted by molar-refractivity contribution is 5.90. The molecule has 2 amide bonds. The van der Waals surface area contributed by atoms with Gasteiger partial charge in [-0.3, -0.25) is 9.59 Å². The van der Waals surface area contributed by atoms with Gasteiger partial charge in [0.1, 0.15) is 17.9 Å². The first-order valence-corrected chi connectivity index (χ1v) is 9.24. The Bertz CT molecular complexity index is 656. The minimum absolute atomic E-state index is 0.0419. The number of carbonyl (C=O) groups excluding carboxylic acids is 2. The van der Waals surface area contributed by atoms with E-state index in [2.05, 4.69) is 15.6 Å². The molecule has 0 saturated heterocycles. The van der Waals surface area contributed by atoms with Gasteiger partial charge in [0.15, 0.2) is 0 Å². The molecule has 2 unspecified atom stereocenters. The van der Waals surface area contributed by atoms with Crippen LogP contribution in [-0.4, -0.2) is 44.5 Å². The summed E-state index contributed by atoms with van der Waals surface area (Å²) in [7, 11) is 1.85. The molecule has 0 fully saturated rings. The largest absolute Gasteiger partial charge is 0.480 e. The maximum absolute atomic E-state index is 12.7. The molecule has 0 aliphatic heterocycles. The summed E-state index contributed by atoms with van der Waals surface area (Å²) in [6.45, 7) is 9.58. The average molecular weight is 380 g/mol. The first-order chi connectivity index (χ1) is 12.4. The Labute approximate surface area is 160 Å². The molecule has 0 bridgehead atoms. The summed E-state index contributed by atoms with van der Waals surface area (Å²) in [6, 6.07) is -1.87. The van der Waals surface area contributed by atoms with Crippen LogP contribution in [0.15, 0.2) is 6.20 Å². The second-order valence-electron chi connectivity index (χ2n) is 8.07. The second kappa shape index (κ2) is 9.53. The number of rotatable bonds is 9. The number of carbonyl (C=O) groups is 3. The molecule has 0 radical (unpaired) electrons. The van der Waals surface area contributed by atoms with Crippen molar-refractivity contribution in [3.63, 3.8) is 0 Å². The van der Waals surface area contributed by atoms with Gasteiger partial charge in [-0.1, -0.05) is 27.7 Å². The number of hydrogen-bond donors (Lipinski definition) is 3. The minimum Gasteiger partial charge on any atom is -0.480 e. The summed E-state index contributed by atoms with van der Waals surface area (Å²) in [6.07, 6.45) is 3.20. The molecule has 1 aromatic rings. The Kier molecular flexibility index (Phi) is 7.99. The van der Waals surface area contributed by atoms with Crippen molar-refractivity contribution >= 4 is 17.8 Å². The molecule has 0 aliphatic rings. The zero-order chi connectivity index (χ0) is 20.8. The fourth-order valence-electron chi connectivity index (χ4n) is 2.55. The van der Waals surface area contributed by atoms with Crippen LogP contribution in [0.5, 0.6) is 0 Å². The molecule has 152 valence electrons. The van der Waals surface area contributed by atoms with Crippen LogP contribution in [0.25, 0.3) is 0 Å². The standard InChI is InChI=1S/C19H32N4O4/c1-7-16(24)21-15(10-13-11-23(6)12(2)20-13)17(25)22-14(18(26)27)8-9-19(3,4)5/h11,14-15H,7-10H2,1-6H3,(H,21,24)(H,22,25)(H,26,27). The third kappa shape index (κ3) is 7.80. The SMILES string of the molecule is CCC(=O)NC(Cc1cn(C)c(C)n1)C(=O)NC(CCC(C)(C)C)C(=O)O. The number of nitrogens with one attached hydrogen (secondary N) is 2. The maximum Gasteiger partial charge on any atom is 0.326 e. The number of aromatic nitrogens is 2. The summed E-state index contributed by atoms with van der Waals surface area (Å²) in [4.78, 5) is 40.4. The summed E-state index contributed by atoms with van der Waals surface area (Å²) in [5, 5.41) is 14.7. The van der Waals surface area contributed by atoms with Gasteiger partial charge in [-0.15, -0.1) is 0 Å². The molecule has 2 atom stereocenters. The van der Waals surface area contributed by atoms with E-state index in [-0.39, 0.29) is 24.2 Å². The van der Waals surface area contributed by atoms with Crippen LogP contribution in [0.3, 0.4) is 0 Å². The number of nitrogens with zero attached hydrogens (tertiary/aromatic N) is 2. The van der Waals surface area contributed by atoms with Crippen LogP contribution in [0.2, 0.25) is 0 Å². The molecule has 1 aromatic heterocycles. The average Bonchev–Trinajstić information content (AvgIpc) is 2.86. The quantitative estimate of drug-likeness (QED) is 0.602. The predicted molar refractivity (Wildman–Crippen MR) is 102 cm³/mol. The minimum atomic E-state index is -1.08. The number of hydrogen-bond acceptors (Lipinski definition) is 4. The molecule has 27 heavy (non-hydrogen) atoms. The fourth-order valence-corrected chi connectivity index (χ4v) is 2.55. The van der Waals surface area contributed by atoms with Gasteiger partial charge in [0.25, 0.3) is 0 Å². The van der Waals surface area contributed by atoms with Gasteiger partial charge in [-0.2, -0.15) is 0 Å². The van der Waals surface area contributed by atoms with E-state index in [1.165, 1.54) is 0 Å². The van der Waals surface area contributed by atoms with Crippen molar-refractivity contribution in [3.05, 3.63) is 17.7 Å². The van der Waals surface area contributed by atoms with Gasteiger partial charge in [0.05, 0.1) is 5.69 Å². The molecule has 0 spiro atoms. The van der Waals surface area contributed by atoms with E-state index >= 15 is 0 Å². The molecule has 1 heterocycles. The van der Waals surface area contributed by atoms with Crippen LogP contribution in [0, 0.1) is 12.3 Å². The van der Waals surface area contributed by atoms with E-state index in [0.717, 1.165) is 5.82 Å². The third-order valence-corrected chi connectivity index (χ3v) is 4.34. The Morgan fingerprint density at radius 1 is 1.22 bits per heavy atom. The van der Waals surface area contributed by atoms with Crippen molar-refractivity contribution in [2.75, 3.05) is 0 Å². The smallest absolute Gasteiger partial charge is 0.326 e. The number of carboxylic acids is 1. The summed E-state index contributed by atoms with van der Waals surface area (Å²) in [5.74, 6) is -1.08. The fraction of sp³-hybridized carbons (Fsp3) is 0.684. The predicted octanol–water partition coefficient (Wildman–Crippen LogP) is 1.56. The van der Waals surface area contributed by atoms with Crippen molar-refractivity contribution in [3.8, 4) is 0 Å². The molecular weight excluding hydrogens is 348 g/mol. The maximum atomic E-state index is 12.7. The van der Waals surface area contributed by atoms with E-state index in [1.54, 1.807) is 13.1 Å². The van der Waals surface area contributed by atoms with Gasteiger partial charge < -0.3 is 20.3 Å². The summed E-state index contributed by atoms with van der Waals surface area (Å²) in [5.41, 5.74) is 0.618. The van der Waals surface area contributed by atoms with Crippen molar-refractivity contribution in [2.45, 2.75) is 72.4 Å². The monoisotopic (exact) mass is 380 g/mol. The Hall–Kier alpha value is -2.38. The van der Waals surface area contributed by atoms with Crippen LogP contribution in [0.4, 0.5) is 0 Å². The Balaban J connectivity index is 2.89. The highest BCUT2D eigenvalue weighted by atomic mass is 16.4. The molecule has 8 heteroatoms. The molecule has 0 aromatic carbocycles. The van der Waals surface area contributed by atoms with Crippen LogP contribution < -0.4 is 10.6 Å². The molecule has 3 N–H and O–H groups in total. The van der Waals surface area contributed by atoms with Gasteiger partial charge >= 0.3 is 5.97 Å². The van der Waals surface area contributed by atoms with E-state index in [1.807, 2.05) is 39.3 Å². The summed E-state index contributed by atoms with van der Waals surface area (Å²) >= 11 is 0. The molecule has 1 rings (SSSR count). The second-order valence-corrected chi connectivity index (χ2v) is 8.07. The number of aliphatic carboxylic acids is 1. The molecule has 0 saturated carbocycles. The van der Waals surface area contributed by atoms with Crippen molar-refractivity contribution < 1.29 is 19.5 Å². The van der Waals surface area contributed by atoms with Crippen molar-refractivity contribution in [1.29, 1.82) is 0 Å². The lowest BCUT2D eigenvalue weighted by molar-refractivity contribution is -0.142. The van der Waals surface area contributed by atoms with Gasteiger partial charge in [0, 0.05) is 26.1 Å². The molecular formula is C19H32N4O4. The topological polar surface area (TPSA) is 113 Å². The van der Waals surface area contributed by atoms with E-state index < -0.39 is 24.0 Å². The van der Waals surface area contributed by atoms with Crippen LogP contribution in [-0.2, 0) is 27.9 Å². The lowest BCUT2D eigenvalue weighted by Crippen LogP contribution is -2.52. The molecule has 0 aliphatic carbocycles. The first-order valence-electron chi connectivity index (χ1n) is 9.24. The van der Waals surface area contributed by atoms with E-state index in [4.69, 9.17) is 0 Å². The van der Waals surface area contributed by atoms with Gasteiger partial charge in [0.2, 0.25) is 11.8 Å². The normalized spacial score (nSPS) is 13.7.